The van der Waals surface area contributed by atoms with Gasteiger partial charge < -0.3 is 19.4 Å². The minimum absolute atomic E-state index is 0.167. The van der Waals surface area contributed by atoms with Crippen molar-refractivity contribution in [1.29, 1.82) is 0 Å². The van der Waals surface area contributed by atoms with E-state index in [1.165, 1.54) is 11.0 Å². The van der Waals surface area contributed by atoms with Crippen molar-refractivity contribution >= 4 is 51.7 Å². The number of anilines is 1. The highest BCUT2D eigenvalue weighted by atomic mass is 35.5. The molecular weight excluding hydrogens is 491 g/mol. The maximum absolute atomic E-state index is 13.8. The molecule has 10 heteroatoms. The van der Waals surface area contributed by atoms with Crippen molar-refractivity contribution in [2.75, 3.05) is 50.8 Å². The average Bonchev–Trinajstić information content (AvgIpc) is 2.89. The van der Waals surface area contributed by atoms with Gasteiger partial charge in [-0.25, -0.2) is 9.36 Å². The van der Waals surface area contributed by atoms with Crippen molar-refractivity contribution in [1.82, 2.24) is 14.4 Å². The minimum atomic E-state index is -0.783. The first-order valence-electron chi connectivity index (χ1n) is 11.4. The highest BCUT2D eigenvalue weighted by Gasteiger charge is 2.39. The second-order valence-electron chi connectivity index (χ2n) is 8.54. The number of piperazine rings is 1. The van der Waals surface area contributed by atoms with Gasteiger partial charge >= 0.3 is 6.03 Å². The van der Waals surface area contributed by atoms with Gasteiger partial charge in [0.1, 0.15) is 6.04 Å². The molecule has 5 rings (SSSR count). The van der Waals surface area contributed by atoms with Crippen molar-refractivity contribution in [2.45, 2.75) is 6.04 Å². The lowest BCUT2D eigenvalue weighted by atomic mass is 10.1. The summed E-state index contributed by atoms with van der Waals surface area (Å²) in [5.74, 6) is -0.167. The number of benzene rings is 2. The van der Waals surface area contributed by atoms with E-state index < -0.39 is 17.6 Å². The molecule has 1 aromatic heterocycles. The van der Waals surface area contributed by atoms with Crippen LogP contribution in [-0.4, -0.2) is 78.3 Å². The van der Waals surface area contributed by atoms with E-state index in [1.807, 2.05) is 23.1 Å². The second kappa shape index (κ2) is 9.89. The Morgan fingerprint density at radius 1 is 0.886 bits per heavy atom. The number of fused-ring (bicyclic) bond motifs is 1. The summed E-state index contributed by atoms with van der Waals surface area (Å²) in [5, 5.41) is 1.63. The van der Waals surface area contributed by atoms with Crippen LogP contribution in [0.2, 0.25) is 10.0 Å². The third-order valence-electron chi connectivity index (χ3n) is 6.50. The lowest BCUT2D eigenvalue weighted by Gasteiger charge is -2.43. The number of hydrogen-bond acceptors (Lipinski definition) is 5. The van der Waals surface area contributed by atoms with Crippen LogP contribution in [0.4, 0.5) is 10.5 Å². The number of halogens is 2. The van der Waals surface area contributed by atoms with Gasteiger partial charge in [0, 0.05) is 44.5 Å². The Morgan fingerprint density at radius 3 is 2.43 bits per heavy atom. The summed E-state index contributed by atoms with van der Waals surface area (Å²) in [4.78, 5) is 45.5. The molecule has 182 valence electrons. The zero-order valence-corrected chi connectivity index (χ0v) is 20.4. The fraction of sp³-hybridized carbons (Fsp3) is 0.320. The predicted molar refractivity (Wildman–Crippen MR) is 136 cm³/mol. The van der Waals surface area contributed by atoms with Crippen molar-refractivity contribution < 1.29 is 14.3 Å². The molecular formula is C25H24Cl2N4O4. The van der Waals surface area contributed by atoms with E-state index in [0.29, 0.717) is 48.4 Å². The largest absolute Gasteiger partial charge is 0.378 e. The van der Waals surface area contributed by atoms with E-state index in [2.05, 4.69) is 0 Å². The Kier molecular flexibility index (Phi) is 6.69. The third-order valence-corrected chi connectivity index (χ3v) is 7.24. The zero-order chi connectivity index (χ0) is 24.5. The van der Waals surface area contributed by atoms with Crippen molar-refractivity contribution in [3.05, 3.63) is 75.0 Å². The Balaban J connectivity index is 1.51. The van der Waals surface area contributed by atoms with E-state index in [-0.39, 0.29) is 19.0 Å². The van der Waals surface area contributed by atoms with E-state index >= 15 is 0 Å². The number of amides is 2. The van der Waals surface area contributed by atoms with Gasteiger partial charge in [-0.3, -0.25) is 9.59 Å². The van der Waals surface area contributed by atoms with Gasteiger partial charge in [-0.05, 0) is 35.7 Å². The molecule has 2 amide bonds. The molecule has 0 saturated carbocycles. The van der Waals surface area contributed by atoms with Crippen LogP contribution in [0.3, 0.4) is 0 Å². The van der Waals surface area contributed by atoms with Crippen molar-refractivity contribution in [3.63, 3.8) is 0 Å². The minimum Gasteiger partial charge on any atom is -0.378 e. The predicted octanol–water partition coefficient (Wildman–Crippen LogP) is 3.33. The fourth-order valence-corrected chi connectivity index (χ4v) is 4.94. The van der Waals surface area contributed by atoms with Gasteiger partial charge in [-0.15, -0.1) is 0 Å². The van der Waals surface area contributed by atoms with Crippen molar-refractivity contribution in [3.8, 4) is 0 Å². The smallest absolute Gasteiger partial charge is 0.332 e. The van der Waals surface area contributed by atoms with E-state index in [9.17, 15) is 14.4 Å². The Bertz CT molecular complexity index is 1340. The molecule has 0 N–H and O–H groups in total. The van der Waals surface area contributed by atoms with Crippen LogP contribution in [0.1, 0.15) is 0 Å². The maximum atomic E-state index is 13.8. The number of para-hydroxylation sites is 1. The molecule has 0 spiro atoms. The lowest BCUT2D eigenvalue weighted by molar-refractivity contribution is -0.140. The average molecular weight is 515 g/mol. The summed E-state index contributed by atoms with van der Waals surface area (Å²) < 4.78 is 6.56. The number of rotatable bonds is 2. The molecule has 1 unspecified atom stereocenters. The fourth-order valence-electron chi connectivity index (χ4n) is 4.65. The first kappa shape index (κ1) is 23.7. The SMILES string of the molecule is O=C(C1CN(c2ccc(Cl)c(Cl)c2)CCN1C(=O)n1c(=O)ccc2ccccc21)N1CCOCC1. The van der Waals surface area contributed by atoms with Crippen molar-refractivity contribution in [2.24, 2.45) is 0 Å². The number of nitrogens with zero attached hydrogens (tertiary/aromatic N) is 4. The molecule has 2 aliphatic heterocycles. The van der Waals surface area contributed by atoms with E-state index in [4.69, 9.17) is 27.9 Å². The molecule has 8 nitrogen and oxygen atoms in total. The van der Waals surface area contributed by atoms with Gasteiger partial charge in [0.05, 0.1) is 28.8 Å². The Labute approximate surface area is 212 Å². The van der Waals surface area contributed by atoms with Crippen LogP contribution in [0.25, 0.3) is 10.9 Å². The summed E-state index contributed by atoms with van der Waals surface area (Å²) in [5.41, 5.74) is 0.890. The van der Waals surface area contributed by atoms with E-state index in [1.54, 1.807) is 35.2 Å². The number of carbonyl (C=O) groups is 2. The molecule has 2 saturated heterocycles. The maximum Gasteiger partial charge on any atom is 0.332 e. The van der Waals surface area contributed by atoms with E-state index in [0.717, 1.165) is 15.6 Å². The monoisotopic (exact) mass is 514 g/mol. The normalized spacial score (nSPS) is 18.7. The zero-order valence-electron chi connectivity index (χ0n) is 18.9. The standard InChI is InChI=1S/C25H24Cl2N4O4/c26-19-7-6-18(15-20(19)27)29-9-10-30(22(16-29)24(33)28-11-13-35-14-12-28)25(34)31-21-4-2-1-3-17(21)5-8-23(31)32/h1-8,15,22H,9-14,16H2. The summed E-state index contributed by atoms with van der Waals surface area (Å²) in [6.45, 7) is 2.80. The highest BCUT2D eigenvalue weighted by molar-refractivity contribution is 6.42. The van der Waals surface area contributed by atoms with Crippen LogP contribution in [-0.2, 0) is 9.53 Å². The third kappa shape index (κ3) is 4.61. The molecule has 35 heavy (non-hydrogen) atoms. The highest BCUT2D eigenvalue weighted by Crippen LogP contribution is 2.29. The quantitative estimate of drug-likeness (QED) is 0.524. The number of ether oxygens (including phenoxy) is 1. The van der Waals surface area contributed by atoms with Crippen LogP contribution < -0.4 is 10.5 Å². The first-order valence-corrected chi connectivity index (χ1v) is 12.2. The number of carbonyl (C=O) groups excluding carboxylic acids is 2. The number of aromatic nitrogens is 1. The van der Waals surface area contributed by atoms with Crippen LogP contribution in [0.5, 0.6) is 0 Å². The molecule has 2 fully saturated rings. The molecule has 0 radical (unpaired) electrons. The number of pyridine rings is 1. The molecule has 3 aromatic rings. The van der Waals surface area contributed by atoms with Crippen LogP contribution >= 0.6 is 23.2 Å². The number of hydrogen-bond donors (Lipinski definition) is 0. The molecule has 0 bridgehead atoms. The van der Waals surface area contributed by atoms with Gasteiger partial charge in [0.25, 0.3) is 5.56 Å². The van der Waals surface area contributed by atoms with Crippen LogP contribution in [0.15, 0.2) is 59.4 Å². The molecule has 2 aromatic carbocycles. The second-order valence-corrected chi connectivity index (χ2v) is 9.35. The summed E-state index contributed by atoms with van der Waals surface area (Å²) >= 11 is 12.3. The van der Waals surface area contributed by atoms with Gasteiger partial charge in [-0.2, -0.15) is 0 Å². The number of morpholine rings is 1. The Morgan fingerprint density at radius 2 is 1.66 bits per heavy atom. The molecule has 0 aliphatic carbocycles. The summed E-state index contributed by atoms with van der Waals surface area (Å²) in [6, 6.07) is 14.3. The van der Waals surface area contributed by atoms with Gasteiger partial charge in [0.2, 0.25) is 5.91 Å². The lowest BCUT2D eigenvalue weighted by Crippen LogP contribution is -2.63. The molecule has 3 heterocycles. The summed E-state index contributed by atoms with van der Waals surface area (Å²) in [7, 11) is 0. The first-order chi connectivity index (χ1) is 16.9. The Hall–Kier alpha value is -3.07. The topological polar surface area (TPSA) is 75.1 Å². The summed E-state index contributed by atoms with van der Waals surface area (Å²) in [6.07, 6.45) is 0. The van der Waals surface area contributed by atoms with Crippen LogP contribution in [0, 0.1) is 0 Å². The molecule has 1 atom stereocenters. The van der Waals surface area contributed by atoms with Gasteiger partial charge in [0.15, 0.2) is 0 Å². The van der Waals surface area contributed by atoms with Gasteiger partial charge in [-0.1, -0.05) is 41.4 Å². The molecule has 2 aliphatic rings.